The van der Waals surface area contributed by atoms with Crippen molar-refractivity contribution in [1.29, 1.82) is 0 Å². The first-order chi connectivity index (χ1) is 7.06. The van der Waals surface area contributed by atoms with Gasteiger partial charge in [-0.3, -0.25) is 10.1 Å². The predicted molar refractivity (Wildman–Crippen MR) is 57.1 cm³/mol. The second kappa shape index (κ2) is 4.88. The van der Waals surface area contributed by atoms with Crippen LogP contribution in [0.3, 0.4) is 0 Å². The zero-order valence-electron chi connectivity index (χ0n) is 8.40. The summed E-state index contributed by atoms with van der Waals surface area (Å²) in [6.07, 6.45) is 2.03. The molecule has 0 aliphatic heterocycles. The SMILES string of the molecule is CCC(C)Nc1ncnc(Cl)c1[N+](=O)[O-]. The van der Waals surface area contributed by atoms with Gasteiger partial charge >= 0.3 is 5.69 Å². The number of hydrogen-bond acceptors (Lipinski definition) is 5. The number of hydrogen-bond donors (Lipinski definition) is 1. The van der Waals surface area contributed by atoms with Crippen LogP contribution in [0, 0.1) is 10.1 Å². The number of halogens is 1. The largest absolute Gasteiger partial charge is 0.362 e. The van der Waals surface area contributed by atoms with E-state index < -0.39 is 4.92 Å². The summed E-state index contributed by atoms with van der Waals surface area (Å²) in [6, 6.07) is 0.0923. The Bertz CT molecular complexity index is 372. The number of anilines is 1. The fourth-order valence-corrected chi connectivity index (χ4v) is 1.16. The highest BCUT2D eigenvalue weighted by atomic mass is 35.5. The number of aromatic nitrogens is 2. The second-order valence-electron chi connectivity index (χ2n) is 3.07. The van der Waals surface area contributed by atoms with E-state index in [0.717, 1.165) is 6.42 Å². The number of nitrogens with zero attached hydrogens (tertiary/aromatic N) is 3. The van der Waals surface area contributed by atoms with Gasteiger partial charge in [-0.05, 0) is 13.3 Å². The van der Waals surface area contributed by atoms with Crippen molar-refractivity contribution in [1.82, 2.24) is 9.97 Å². The van der Waals surface area contributed by atoms with Crippen LogP contribution in [0.1, 0.15) is 20.3 Å². The smallest absolute Gasteiger partial charge is 0.348 e. The molecule has 1 atom stereocenters. The summed E-state index contributed by atoms with van der Waals surface area (Å²) in [5.74, 6) is 0.161. The molecule has 0 aromatic carbocycles. The molecule has 6 nitrogen and oxygen atoms in total. The van der Waals surface area contributed by atoms with Gasteiger partial charge in [0.15, 0.2) is 0 Å². The van der Waals surface area contributed by atoms with Gasteiger partial charge < -0.3 is 5.32 Å². The Hall–Kier alpha value is -1.43. The first-order valence-corrected chi connectivity index (χ1v) is 4.85. The third kappa shape index (κ3) is 2.76. The van der Waals surface area contributed by atoms with Gasteiger partial charge in [-0.2, -0.15) is 0 Å². The van der Waals surface area contributed by atoms with Crippen molar-refractivity contribution in [3.8, 4) is 0 Å². The first kappa shape index (κ1) is 11.6. The highest BCUT2D eigenvalue weighted by Gasteiger charge is 2.21. The third-order valence-electron chi connectivity index (χ3n) is 1.96. The Morgan fingerprint density at radius 3 is 2.87 bits per heavy atom. The lowest BCUT2D eigenvalue weighted by Gasteiger charge is -2.11. The van der Waals surface area contributed by atoms with E-state index in [1.54, 1.807) is 0 Å². The lowest BCUT2D eigenvalue weighted by molar-refractivity contribution is -0.384. The minimum atomic E-state index is -0.590. The second-order valence-corrected chi connectivity index (χ2v) is 3.43. The van der Waals surface area contributed by atoms with Crippen LogP contribution in [0.15, 0.2) is 6.33 Å². The fraction of sp³-hybridized carbons (Fsp3) is 0.500. The molecule has 1 N–H and O–H groups in total. The topological polar surface area (TPSA) is 81.0 Å². The van der Waals surface area contributed by atoms with Gasteiger partial charge in [-0.15, -0.1) is 0 Å². The molecule has 82 valence electrons. The summed E-state index contributed by atoms with van der Waals surface area (Å²) in [5.41, 5.74) is -0.278. The Labute approximate surface area is 91.8 Å². The van der Waals surface area contributed by atoms with E-state index in [1.807, 2.05) is 13.8 Å². The molecule has 0 saturated heterocycles. The molecule has 0 aliphatic carbocycles. The lowest BCUT2D eigenvalue weighted by atomic mass is 10.2. The van der Waals surface area contributed by atoms with E-state index in [0.29, 0.717) is 0 Å². The highest BCUT2D eigenvalue weighted by molar-refractivity contribution is 6.31. The molecule has 0 saturated carbocycles. The summed E-state index contributed by atoms with van der Waals surface area (Å²) >= 11 is 5.62. The number of rotatable bonds is 4. The normalized spacial score (nSPS) is 12.2. The number of nitrogens with one attached hydrogen (secondary N) is 1. The molecule has 1 heterocycles. The minimum Gasteiger partial charge on any atom is -0.362 e. The van der Waals surface area contributed by atoms with Crippen molar-refractivity contribution in [2.45, 2.75) is 26.3 Å². The van der Waals surface area contributed by atoms with Crippen LogP contribution in [0.2, 0.25) is 5.15 Å². The average Bonchev–Trinajstić information content (AvgIpc) is 2.17. The number of nitro groups is 1. The van der Waals surface area contributed by atoms with E-state index >= 15 is 0 Å². The zero-order chi connectivity index (χ0) is 11.4. The highest BCUT2D eigenvalue weighted by Crippen LogP contribution is 2.28. The fourth-order valence-electron chi connectivity index (χ4n) is 0.960. The summed E-state index contributed by atoms with van der Waals surface area (Å²) in [7, 11) is 0. The molecule has 1 rings (SSSR count). The van der Waals surface area contributed by atoms with Gasteiger partial charge in [0, 0.05) is 6.04 Å². The molecule has 0 radical (unpaired) electrons. The van der Waals surface area contributed by atoms with Gasteiger partial charge in [0.25, 0.3) is 0 Å². The maximum Gasteiger partial charge on any atom is 0.348 e. The van der Waals surface area contributed by atoms with Crippen molar-refractivity contribution in [3.63, 3.8) is 0 Å². The molecular weight excluding hydrogens is 220 g/mol. The van der Waals surface area contributed by atoms with E-state index in [2.05, 4.69) is 15.3 Å². The van der Waals surface area contributed by atoms with E-state index in [1.165, 1.54) is 6.33 Å². The zero-order valence-corrected chi connectivity index (χ0v) is 9.15. The maximum atomic E-state index is 10.7. The van der Waals surface area contributed by atoms with Crippen LogP contribution in [0.25, 0.3) is 0 Å². The quantitative estimate of drug-likeness (QED) is 0.487. The van der Waals surface area contributed by atoms with Crippen LogP contribution >= 0.6 is 11.6 Å². The van der Waals surface area contributed by atoms with Crippen molar-refractivity contribution in [3.05, 3.63) is 21.6 Å². The average molecular weight is 231 g/mol. The monoisotopic (exact) mass is 230 g/mol. The Kier molecular flexibility index (Phi) is 3.79. The van der Waals surface area contributed by atoms with Crippen molar-refractivity contribution in [2.75, 3.05) is 5.32 Å². The van der Waals surface area contributed by atoms with Crippen LogP contribution in [0.4, 0.5) is 11.5 Å². The summed E-state index contributed by atoms with van der Waals surface area (Å²) < 4.78 is 0. The Morgan fingerprint density at radius 1 is 1.67 bits per heavy atom. The van der Waals surface area contributed by atoms with E-state index in [9.17, 15) is 10.1 Å². The van der Waals surface area contributed by atoms with Crippen LogP contribution in [0.5, 0.6) is 0 Å². The van der Waals surface area contributed by atoms with Crippen LogP contribution in [-0.2, 0) is 0 Å². The molecule has 7 heteroatoms. The van der Waals surface area contributed by atoms with Gasteiger partial charge in [0.05, 0.1) is 4.92 Å². The van der Waals surface area contributed by atoms with Crippen LogP contribution in [-0.4, -0.2) is 20.9 Å². The third-order valence-corrected chi connectivity index (χ3v) is 2.23. The van der Waals surface area contributed by atoms with E-state index in [-0.39, 0.29) is 22.7 Å². The van der Waals surface area contributed by atoms with Gasteiger partial charge in [-0.1, -0.05) is 18.5 Å². The Balaban J connectivity index is 3.06. The molecule has 0 amide bonds. The molecule has 0 fully saturated rings. The minimum absolute atomic E-state index is 0.0923. The molecule has 1 unspecified atom stereocenters. The standard InChI is InChI=1S/C8H11ClN4O2/c1-3-5(2)12-8-6(13(14)15)7(9)10-4-11-8/h4-5H,3H2,1-2H3,(H,10,11,12). The Morgan fingerprint density at radius 2 is 2.33 bits per heavy atom. The summed E-state index contributed by atoms with van der Waals surface area (Å²) in [4.78, 5) is 17.5. The maximum absolute atomic E-state index is 10.7. The molecule has 0 spiro atoms. The van der Waals surface area contributed by atoms with E-state index in [4.69, 9.17) is 11.6 Å². The van der Waals surface area contributed by atoms with Crippen LogP contribution < -0.4 is 5.32 Å². The van der Waals surface area contributed by atoms with Gasteiger partial charge in [-0.25, -0.2) is 9.97 Å². The first-order valence-electron chi connectivity index (χ1n) is 4.47. The summed E-state index contributed by atoms with van der Waals surface area (Å²) in [5, 5.41) is 13.5. The van der Waals surface area contributed by atoms with Gasteiger partial charge in [0.2, 0.25) is 11.0 Å². The van der Waals surface area contributed by atoms with Gasteiger partial charge in [0.1, 0.15) is 6.33 Å². The molecule has 1 aromatic heterocycles. The summed E-state index contributed by atoms with van der Waals surface area (Å²) in [6.45, 7) is 3.87. The predicted octanol–water partition coefficient (Wildman–Crippen LogP) is 2.25. The lowest BCUT2D eigenvalue weighted by Crippen LogP contribution is -2.16. The molecule has 15 heavy (non-hydrogen) atoms. The van der Waals surface area contributed by atoms with Crippen molar-refractivity contribution < 1.29 is 4.92 Å². The molecule has 1 aromatic rings. The van der Waals surface area contributed by atoms with Crippen molar-refractivity contribution >= 4 is 23.1 Å². The molecular formula is C8H11ClN4O2. The molecule has 0 aliphatic rings. The molecule has 0 bridgehead atoms. The van der Waals surface area contributed by atoms with Crippen molar-refractivity contribution in [2.24, 2.45) is 0 Å².